The number of nitrogens with one attached hydrogen (secondary N) is 1. The van der Waals surface area contributed by atoms with E-state index in [0.29, 0.717) is 0 Å². The topological polar surface area (TPSA) is 29.1 Å². The maximum Gasteiger partial charge on any atom is 0.142 e. The molecule has 2 aromatic carbocycles. The van der Waals surface area contributed by atoms with Gasteiger partial charge in [-0.05, 0) is 35.4 Å². The normalized spacial score (nSPS) is 27.9. The molecule has 4 heteroatoms. The Balaban J connectivity index is 1.94. The first-order valence-electron chi connectivity index (χ1n) is 7.78. The lowest BCUT2D eigenvalue weighted by molar-refractivity contribution is -0.130. The summed E-state index contributed by atoms with van der Waals surface area (Å²) in [6.07, 6.45) is 0. The van der Waals surface area contributed by atoms with Crippen LogP contribution in [0.1, 0.15) is 37.1 Å². The number of carbonyl (C=O) groups excluding carboxylic acids is 1. The molecule has 23 heavy (non-hydrogen) atoms. The van der Waals surface area contributed by atoms with Crippen molar-refractivity contribution >= 4 is 5.78 Å². The second-order valence-corrected chi connectivity index (χ2v) is 6.20. The highest BCUT2D eigenvalue weighted by Gasteiger charge is 2.40. The van der Waals surface area contributed by atoms with Crippen LogP contribution in [0, 0.1) is 23.5 Å². The number of hydrogen-bond acceptors (Lipinski definition) is 2. The highest BCUT2D eigenvalue weighted by atomic mass is 19.1. The fourth-order valence-corrected chi connectivity index (χ4v) is 3.34. The molecule has 1 heterocycles. The van der Waals surface area contributed by atoms with E-state index in [-0.39, 0.29) is 41.3 Å². The molecular weight excluding hydrogens is 296 g/mol. The van der Waals surface area contributed by atoms with Gasteiger partial charge in [-0.1, -0.05) is 38.1 Å². The van der Waals surface area contributed by atoms with Crippen LogP contribution in [0.2, 0.25) is 0 Å². The molecule has 1 aliphatic rings. The number of ketones is 1. The van der Waals surface area contributed by atoms with Crippen LogP contribution in [0.3, 0.4) is 0 Å². The van der Waals surface area contributed by atoms with Crippen molar-refractivity contribution in [1.29, 1.82) is 0 Å². The van der Waals surface area contributed by atoms with Crippen molar-refractivity contribution in [2.45, 2.75) is 25.9 Å². The van der Waals surface area contributed by atoms with Crippen molar-refractivity contribution < 1.29 is 13.6 Å². The lowest BCUT2D eigenvalue weighted by atomic mass is 9.76. The molecule has 2 aromatic rings. The van der Waals surface area contributed by atoms with Crippen molar-refractivity contribution in [3.63, 3.8) is 0 Å². The molecule has 0 saturated carbocycles. The van der Waals surface area contributed by atoms with Gasteiger partial charge < -0.3 is 5.32 Å². The van der Waals surface area contributed by atoms with Gasteiger partial charge in [-0.15, -0.1) is 0 Å². The number of rotatable bonds is 2. The van der Waals surface area contributed by atoms with Gasteiger partial charge in [0, 0.05) is 23.9 Å². The summed E-state index contributed by atoms with van der Waals surface area (Å²) < 4.78 is 26.3. The minimum absolute atomic E-state index is 0.160. The van der Waals surface area contributed by atoms with E-state index in [1.165, 1.54) is 24.3 Å². The third-order valence-corrected chi connectivity index (χ3v) is 4.71. The van der Waals surface area contributed by atoms with Crippen molar-refractivity contribution in [2.24, 2.45) is 11.8 Å². The first-order valence-corrected chi connectivity index (χ1v) is 7.78. The zero-order chi connectivity index (χ0) is 16.6. The van der Waals surface area contributed by atoms with E-state index in [2.05, 4.69) is 5.32 Å². The van der Waals surface area contributed by atoms with E-state index in [4.69, 9.17) is 0 Å². The summed E-state index contributed by atoms with van der Waals surface area (Å²) in [6, 6.07) is 12.0. The minimum atomic E-state index is -0.299. The summed E-state index contributed by atoms with van der Waals surface area (Å²) in [7, 11) is 0. The first kappa shape index (κ1) is 15.8. The van der Waals surface area contributed by atoms with Crippen LogP contribution in [0.25, 0.3) is 0 Å². The highest BCUT2D eigenvalue weighted by Crippen LogP contribution is 2.38. The van der Waals surface area contributed by atoms with Crippen molar-refractivity contribution in [2.75, 3.05) is 0 Å². The summed E-state index contributed by atoms with van der Waals surface area (Å²) >= 11 is 0. The Kier molecular flexibility index (Phi) is 4.26. The van der Waals surface area contributed by atoms with E-state index in [1.807, 2.05) is 13.8 Å². The zero-order valence-corrected chi connectivity index (χ0v) is 13.1. The summed E-state index contributed by atoms with van der Waals surface area (Å²) in [5.41, 5.74) is 1.76. The Labute approximate surface area is 134 Å². The minimum Gasteiger partial charge on any atom is -0.302 e. The summed E-state index contributed by atoms with van der Waals surface area (Å²) in [5, 5.41) is 3.49. The van der Waals surface area contributed by atoms with E-state index in [0.717, 1.165) is 11.1 Å². The molecule has 3 rings (SSSR count). The van der Waals surface area contributed by atoms with Gasteiger partial charge in [-0.3, -0.25) is 4.79 Å². The average molecular weight is 315 g/mol. The molecule has 0 aliphatic carbocycles. The average Bonchev–Trinajstić information content (AvgIpc) is 2.55. The number of hydrogen-bond donors (Lipinski definition) is 1. The molecule has 0 unspecified atom stereocenters. The fraction of sp³-hybridized carbons (Fsp3) is 0.316. The van der Waals surface area contributed by atoms with Gasteiger partial charge in [0.1, 0.15) is 17.4 Å². The Morgan fingerprint density at radius 1 is 0.739 bits per heavy atom. The van der Waals surface area contributed by atoms with Crippen molar-refractivity contribution in [3.05, 3.63) is 71.3 Å². The predicted octanol–water partition coefficient (Wildman–Crippen LogP) is 4.19. The van der Waals surface area contributed by atoms with Crippen LogP contribution in [-0.4, -0.2) is 5.78 Å². The van der Waals surface area contributed by atoms with Gasteiger partial charge in [0.2, 0.25) is 0 Å². The van der Waals surface area contributed by atoms with Gasteiger partial charge in [0.05, 0.1) is 0 Å². The molecule has 1 fully saturated rings. The second kappa shape index (κ2) is 6.20. The highest BCUT2D eigenvalue weighted by molar-refractivity contribution is 5.85. The lowest BCUT2D eigenvalue weighted by Gasteiger charge is -2.39. The van der Waals surface area contributed by atoms with E-state index in [1.54, 1.807) is 24.3 Å². The molecule has 4 atom stereocenters. The molecule has 1 N–H and O–H groups in total. The SMILES string of the molecule is C[C@@H]1C(=O)[C@@H](C)[C@H](c2ccc(F)cc2)N[C@@H]1c1ccc(F)cc1. The first-order chi connectivity index (χ1) is 11.0. The lowest BCUT2D eigenvalue weighted by Crippen LogP contribution is -2.46. The summed E-state index contributed by atoms with van der Waals surface area (Å²) in [5.74, 6) is -0.842. The fourth-order valence-electron chi connectivity index (χ4n) is 3.34. The molecule has 0 radical (unpaired) electrons. The van der Waals surface area contributed by atoms with Crippen LogP contribution < -0.4 is 5.32 Å². The van der Waals surface area contributed by atoms with Crippen LogP contribution in [0.5, 0.6) is 0 Å². The third kappa shape index (κ3) is 3.04. The van der Waals surface area contributed by atoms with Gasteiger partial charge in [-0.25, -0.2) is 8.78 Å². The Bertz CT molecular complexity index is 637. The molecule has 1 aliphatic heterocycles. The molecule has 1 saturated heterocycles. The van der Waals surface area contributed by atoms with Gasteiger partial charge in [-0.2, -0.15) is 0 Å². The number of carbonyl (C=O) groups is 1. The van der Waals surface area contributed by atoms with Crippen molar-refractivity contribution in [3.8, 4) is 0 Å². The number of Topliss-reactive ketones (excluding diaryl/α,β-unsaturated/α-hetero) is 1. The maximum absolute atomic E-state index is 13.1. The van der Waals surface area contributed by atoms with Gasteiger partial charge in [0.25, 0.3) is 0 Å². The standard InChI is InChI=1S/C19H19F2NO/c1-11-17(13-3-7-15(20)8-4-13)22-18(12(2)19(11)23)14-5-9-16(21)10-6-14/h3-12,17-18,22H,1-2H3/t11-,12-,17-,18+/m0/s1. The second-order valence-electron chi connectivity index (χ2n) is 6.20. The molecule has 0 aromatic heterocycles. The number of benzene rings is 2. The van der Waals surface area contributed by atoms with Crippen LogP contribution in [0.15, 0.2) is 48.5 Å². The number of piperidine rings is 1. The Morgan fingerprint density at radius 2 is 1.09 bits per heavy atom. The van der Waals surface area contributed by atoms with Crippen LogP contribution in [-0.2, 0) is 4.79 Å². The largest absolute Gasteiger partial charge is 0.302 e. The zero-order valence-electron chi connectivity index (χ0n) is 13.1. The third-order valence-electron chi connectivity index (χ3n) is 4.71. The van der Waals surface area contributed by atoms with Crippen molar-refractivity contribution in [1.82, 2.24) is 5.32 Å². The Morgan fingerprint density at radius 3 is 1.43 bits per heavy atom. The predicted molar refractivity (Wildman–Crippen MR) is 84.8 cm³/mol. The van der Waals surface area contributed by atoms with Gasteiger partial charge >= 0.3 is 0 Å². The molecule has 0 spiro atoms. The molecular formula is C19H19F2NO. The van der Waals surface area contributed by atoms with Gasteiger partial charge in [0.15, 0.2) is 0 Å². The maximum atomic E-state index is 13.1. The molecule has 0 amide bonds. The van der Waals surface area contributed by atoms with Crippen LogP contribution in [0.4, 0.5) is 8.78 Å². The molecule has 120 valence electrons. The Hall–Kier alpha value is -2.07. The van der Waals surface area contributed by atoms with E-state index >= 15 is 0 Å². The quantitative estimate of drug-likeness (QED) is 0.900. The number of halogens is 2. The smallest absolute Gasteiger partial charge is 0.142 e. The summed E-state index contributed by atoms with van der Waals surface area (Å²) in [4.78, 5) is 12.6. The monoisotopic (exact) mass is 315 g/mol. The molecule has 0 bridgehead atoms. The van der Waals surface area contributed by atoms with Crippen LogP contribution >= 0.6 is 0 Å². The van der Waals surface area contributed by atoms with E-state index in [9.17, 15) is 13.6 Å². The van der Waals surface area contributed by atoms with E-state index < -0.39 is 0 Å². The molecule has 2 nitrogen and oxygen atoms in total. The summed E-state index contributed by atoms with van der Waals surface area (Å²) in [6.45, 7) is 3.78.